The number of ketones is 1. The summed E-state index contributed by atoms with van der Waals surface area (Å²) in [6, 6.07) is 0. The van der Waals surface area contributed by atoms with Crippen LogP contribution in [0.3, 0.4) is 0 Å². The SMILES string of the molecule is CC1=C2C[C@]3(C)CC[C@@H](C(C)C)[C@H]3CC[C@@H](C)[C@@H]2CC1=O. The molecule has 1 nitrogen and oxygen atoms in total. The van der Waals surface area contributed by atoms with Crippen molar-refractivity contribution in [3.63, 3.8) is 0 Å². The number of carbonyl (C=O) groups is 1. The fourth-order valence-corrected chi connectivity index (χ4v) is 5.80. The van der Waals surface area contributed by atoms with E-state index in [2.05, 4.69) is 34.6 Å². The molecule has 0 amide bonds. The van der Waals surface area contributed by atoms with Crippen molar-refractivity contribution in [3.8, 4) is 0 Å². The van der Waals surface area contributed by atoms with Gasteiger partial charge in [0, 0.05) is 6.42 Å². The molecule has 118 valence electrons. The van der Waals surface area contributed by atoms with Crippen LogP contribution in [-0.2, 0) is 4.79 Å². The summed E-state index contributed by atoms with van der Waals surface area (Å²) in [5, 5.41) is 0. The molecule has 2 saturated carbocycles. The van der Waals surface area contributed by atoms with Crippen molar-refractivity contribution >= 4 is 5.78 Å². The first-order chi connectivity index (χ1) is 9.83. The molecule has 5 atom stereocenters. The minimum Gasteiger partial charge on any atom is -0.295 e. The molecule has 2 fully saturated rings. The second-order valence-corrected chi connectivity index (χ2v) is 8.82. The maximum Gasteiger partial charge on any atom is 0.159 e. The van der Waals surface area contributed by atoms with Gasteiger partial charge in [-0.3, -0.25) is 4.79 Å². The first-order valence-corrected chi connectivity index (χ1v) is 9.06. The van der Waals surface area contributed by atoms with Crippen molar-refractivity contribution in [2.24, 2.45) is 35.0 Å². The predicted octanol–water partition coefficient (Wildman–Crippen LogP) is 5.40. The minimum absolute atomic E-state index is 0.433. The molecule has 3 rings (SSSR count). The number of hydrogen-bond acceptors (Lipinski definition) is 1. The van der Waals surface area contributed by atoms with E-state index in [9.17, 15) is 4.79 Å². The molecule has 0 aliphatic heterocycles. The zero-order valence-electron chi connectivity index (χ0n) is 14.5. The lowest BCUT2D eigenvalue weighted by Gasteiger charge is -2.41. The molecular formula is C20H32O. The first-order valence-electron chi connectivity index (χ1n) is 9.06. The van der Waals surface area contributed by atoms with E-state index >= 15 is 0 Å². The summed E-state index contributed by atoms with van der Waals surface area (Å²) >= 11 is 0. The number of hydrogen-bond donors (Lipinski definition) is 0. The molecule has 0 unspecified atom stereocenters. The highest BCUT2D eigenvalue weighted by Gasteiger charge is 2.49. The second-order valence-electron chi connectivity index (χ2n) is 8.82. The third-order valence-corrected chi connectivity index (χ3v) is 7.28. The van der Waals surface area contributed by atoms with Gasteiger partial charge in [0.05, 0.1) is 0 Å². The van der Waals surface area contributed by atoms with Crippen molar-refractivity contribution in [1.29, 1.82) is 0 Å². The summed E-state index contributed by atoms with van der Waals surface area (Å²) in [5.41, 5.74) is 3.12. The van der Waals surface area contributed by atoms with Gasteiger partial charge in [0.25, 0.3) is 0 Å². The van der Waals surface area contributed by atoms with Crippen molar-refractivity contribution in [2.75, 3.05) is 0 Å². The summed E-state index contributed by atoms with van der Waals surface area (Å²) in [7, 11) is 0. The normalized spacial score (nSPS) is 43.8. The van der Waals surface area contributed by atoms with Crippen molar-refractivity contribution in [3.05, 3.63) is 11.1 Å². The Bertz CT molecular complexity index is 472. The van der Waals surface area contributed by atoms with Crippen LogP contribution in [0.25, 0.3) is 0 Å². The number of rotatable bonds is 1. The Kier molecular flexibility index (Phi) is 3.83. The largest absolute Gasteiger partial charge is 0.295 e. The van der Waals surface area contributed by atoms with Gasteiger partial charge in [-0.05, 0) is 79.6 Å². The van der Waals surface area contributed by atoms with Gasteiger partial charge >= 0.3 is 0 Å². The molecule has 3 aliphatic rings. The Morgan fingerprint density at radius 2 is 1.90 bits per heavy atom. The van der Waals surface area contributed by atoms with E-state index in [0.717, 1.165) is 29.7 Å². The Morgan fingerprint density at radius 3 is 2.57 bits per heavy atom. The van der Waals surface area contributed by atoms with Gasteiger partial charge < -0.3 is 0 Å². The third-order valence-electron chi connectivity index (χ3n) is 7.28. The number of carbonyl (C=O) groups excluding carboxylic acids is 1. The average molecular weight is 288 g/mol. The molecule has 0 aromatic rings. The van der Waals surface area contributed by atoms with Gasteiger partial charge in [0.1, 0.15) is 0 Å². The van der Waals surface area contributed by atoms with Gasteiger partial charge in [-0.1, -0.05) is 33.3 Å². The van der Waals surface area contributed by atoms with E-state index in [1.165, 1.54) is 32.1 Å². The van der Waals surface area contributed by atoms with Crippen molar-refractivity contribution < 1.29 is 4.79 Å². The van der Waals surface area contributed by atoms with Crippen molar-refractivity contribution in [2.45, 2.75) is 73.1 Å². The zero-order valence-corrected chi connectivity index (χ0v) is 14.5. The zero-order chi connectivity index (χ0) is 15.4. The first kappa shape index (κ1) is 15.3. The Hall–Kier alpha value is -0.590. The molecular weight excluding hydrogens is 256 g/mol. The maximum absolute atomic E-state index is 12.2. The minimum atomic E-state index is 0.433. The Labute approximate surface area is 130 Å². The van der Waals surface area contributed by atoms with Crippen LogP contribution < -0.4 is 0 Å². The Morgan fingerprint density at radius 1 is 1.19 bits per heavy atom. The molecule has 0 N–H and O–H groups in total. The van der Waals surface area contributed by atoms with E-state index in [-0.39, 0.29) is 0 Å². The molecule has 3 aliphatic carbocycles. The van der Waals surface area contributed by atoms with Crippen LogP contribution >= 0.6 is 0 Å². The van der Waals surface area contributed by atoms with E-state index in [0.29, 0.717) is 23.0 Å². The topological polar surface area (TPSA) is 17.1 Å². The van der Waals surface area contributed by atoms with Crippen LogP contribution in [0, 0.1) is 35.0 Å². The monoisotopic (exact) mass is 288 g/mol. The van der Waals surface area contributed by atoms with E-state index < -0.39 is 0 Å². The summed E-state index contributed by atoms with van der Waals surface area (Å²) in [6.45, 7) is 11.8. The van der Waals surface area contributed by atoms with Gasteiger partial charge in [-0.2, -0.15) is 0 Å². The summed E-state index contributed by atoms with van der Waals surface area (Å²) in [4.78, 5) is 12.2. The molecule has 0 aromatic heterocycles. The average Bonchev–Trinajstić information content (AvgIpc) is 2.87. The van der Waals surface area contributed by atoms with Gasteiger partial charge in [0.15, 0.2) is 5.78 Å². The molecule has 0 spiro atoms. The molecule has 21 heavy (non-hydrogen) atoms. The van der Waals surface area contributed by atoms with Crippen LogP contribution in [0.5, 0.6) is 0 Å². The van der Waals surface area contributed by atoms with Crippen LogP contribution in [0.15, 0.2) is 11.1 Å². The van der Waals surface area contributed by atoms with E-state index in [1.807, 2.05) is 0 Å². The van der Waals surface area contributed by atoms with Crippen LogP contribution in [0.1, 0.15) is 73.1 Å². The molecule has 0 heterocycles. The highest BCUT2D eigenvalue weighted by Crippen LogP contribution is 2.58. The second kappa shape index (κ2) is 5.25. The van der Waals surface area contributed by atoms with Crippen molar-refractivity contribution in [1.82, 2.24) is 0 Å². The lowest BCUT2D eigenvalue weighted by Crippen LogP contribution is -2.32. The standard InChI is InChI=1S/C20H32O/c1-12(2)15-8-9-20(5)11-17-14(4)19(21)10-16(17)13(3)6-7-18(15)20/h12-13,15-16,18H,6-11H2,1-5H3/t13-,15+,16+,18-,20+/m1/s1. The number of Topliss-reactive ketones (excluding diaryl/α,β-unsaturated/α-hetero) is 1. The van der Waals surface area contributed by atoms with E-state index in [1.54, 1.807) is 5.57 Å². The summed E-state index contributed by atoms with van der Waals surface area (Å²) in [6.07, 6.45) is 7.48. The molecule has 0 saturated heterocycles. The number of allylic oxidation sites excluding steroid dienone is 2. The number of fused-ring (bicyclic) bond motifs is 2. The molecule has 0 aromatic carbocycles. The quantitative estimate of drug-likeness (QED) is 0.631. The smallest absolute Gasteiger partial charge is 0.159 e. The van der Waals surface area contributed by atoms with Crippen LogP contribution in [0.2, 0.25) is 0 Å². The highest BCUT2D eigenvalue weighted by molar-refractivity contribution is 5.98. The van der Waals surface area contributed by atoms with Crippen LogP contribution in [0.4, 0.5) is 0 Å². The summed E-state index contributed by atoms with van der Waals surface area (Å²) in [5.74, 6) is 4.27. The Balaban J connectivity index is 1.95. The lowest BCUT2D eigenvalue weighted by atomic mass is 9.64. The molecule has 0 radical (unpaired) electrons. The van der Waals surface area contributed by atoms with Gasteiger partial charge in [0.2, 0.25) is 0 Å². The third kappa shape index (κ3) is 2.41. The predicted molar refractivity (Wildman–Crippen MR) is 88.0 cm³/mol. The fraction of sp³-hybridized carbons (Fsp3) is 0.850. The molecule has 1 heteroatoms. The maximum atomic E-state index is 12.2. The highest BCUT2D eigenvalue weighted by atomic mass is 16.1. The summed E-state index contributed by atoms with van der Waals surface area (Å²) < 4.78 is 0. The fourth-order valence-electron chi connectivity index (χ4n) is 5.80. The van der Waals surface area contributed by atoms with E-state index in [4.69, 9.17) is 0 Å². The van der Waals surface area contributed by atoms with Crippen LogP contribution in [-0.4, -0.2) is 5.78 Å². The molecule has 0 bridgehead atoms. The van der Waals surface area contributed by atoms with Gasteiger partial charge in [-0.25, -0.2) is 0 Å². The van der Waals surface area contributed by atoms with Gasteiger partial charge in [-0.15, -0.1) is 0 Å². The lowest BCUT2D eigenvalue weighted by molar-refractivity contribution is -0.115.